The zero-order valence-corrected chi connectivity index (χ0v) is 18.7. The summed E-state index contributed by atoms with van der Waals surface area (Å²) in [5, 5.41) is 1.67. The number of hydrogen-bond acceptors (Lipinski definition) is 1. The average Bonchev–Trinajstić information content (AvgIpc) is 2.47. The van der Waals surface area contributed by atoms with Gasteiger partial charge in [0.2, 0.25) is 0 Å². The van der Waals surface area contributed by atoms with Crippen molar-refractivity contribution in [1.29, 1.82) is 0 Å². The lowest BCUT2D eigenvalue weighted by Gasteiger charge is -2.44. The van der Waals surface area contributed by atoms with Gasteiger partial charge >= 0.3 is 0 Å². The highest BCUT2D eigenvalue weighted by molar-refractivity contribution is 6.91. The topological polar surface area (TPSA) is 9.23 Å². The third-order valence-electron chi connectivity index (χ3n) is 5.66. The molecule has 0 aliphatic heterocycles. The molecule has 1 aromatic carbocycles. The van der Waals surface area contributed by atoms with Gasteiger partial charge in [-0.15, -0.1) is 13.2 Å². The van der Waals surface area contributed by atoms with Crippen LogP contribution in [0.1, 0.15) is 27.2 Å². The van der Waals surface area contributed by atoms with Gasteiger partial charge < -0.3 is 4.43 Å². The zero-order chi connectivity index (χ0) is 18.6. The Morgan fingerprint density at radius 3 is 2.00 bits per heavy atom. The summed E-state index contributed by atoms with van der Waals surface area (Å²) >= 11 is 0. The van der Waals surface area contributed by atoms with E-state index in [1.54, 1.807) is 0 Å². The van der Waals surface area contributed by atoms with E-state index in [1.807, 2.05) is 6.08 Å². The van der Waals surface area contributed by atoms with Gasteiger partial charge in [0, 0.05) is 5.54 Å². The van der Waals surface area contributed by atoms with Gasteiger partial charge in [-0.3, -0.25) is 0 Å². The van der Waals surface area contributed by atoms with Crippen LogP contribution >= 0.6 is 0 Å². The first-order valence-electron chi connectivity index (χ1n) is 8.94. The van der Waals surface area contributed by atoms with Crippen LogP contribution in [0.5, 0.6) is 0 Å². The Morgan fingerprint density at radius 2 is 1.58 bits per heavy atom. The zero-order valence-electron chi connectivity index (χ0n) is 16.7. The molecule has 0 heterocycles. The summed E-state index contributed by atoms with van der Waals surface area (Å²) in [5.74, 6) is 0. The molecule has 0 aliphatic carbocycles. The van der Waals surface area contributed by atoms with Gasteiger partial charge in [0.1, 0.15) is 0 Å². The first-order valence-corrected chi connectivity index (χ1v) is 14.9. The van der Waals surface area contributed by atoms with E-state index in [1.165, 1.54) is 5.19 Å². The number of benzene rings is 1. The van der Waals surface area contributed by atoms with Crippen molar-refractivity contribution in [2.45, 2.75) is 70.1 Å². The van der Waals surface area contributed by atoms with Crippen LogP contribution in [0.15, 0.2) is 55.6 Å². The van der Waals surface area contributed by atoms with Gasteiger partial charge in [0.25, 0.3) is 0 Å². The molecule has 1 aromatic rings. The predicted octanol–water partition coefficient (Wildman–Crippen LogP) is 6.12. The third kappa shape index (κ3) is 4.81. The molecule has 1 rings (SSSR count). The second-order valence-corrected chi connectivity index (χ2v) is 18.2. The minimum absolute atomic E-state index is 0.169. The number of rotatable bonds is 8. The second-order valence-electron chi connectivity index (χ2n) is 8.79. The summed E-state index contributed by atoms with van der Waals surface area (Å²) < 4.78 is 6.83. The SMILES string of the molecule is C=CC[C@@H](O[Si](C)(C)C(C)(C)C)[C@H](C=C)[Si](C)(C)c1ccccc1. The standard InChI is InChI=1S/C21H36OSi2/c1-10-15-19(22-24(8,9)21(3,4)5)20(11-2)23(6,7)18-16-13-12-14-17-18/h10-14,16-17,19-20H,1-2,15H2,3-9H3/t19-,20+/m1/s1. The Kier molecular flexibility index (Phi) is 7.03. The fourth-order valence-electron chi connectivity index (χ4n) is 2.96. The normalized spacial score (nSPS) is 15.6. The molecule has 0 saturated carbocycles. The van der Waals surface area contributed by atoms with Crippen molar-refractivity contribution in [1.82, 2.24) is 0 Å². The second kappa shape index (κ2) is 7.98. The molecule has 1 nitrogen and oxygen atoms in total. The van der Waals surface area contributed by atoms with Crippen molar-refractivity contribution < 1.29 is 4.43 Å². The van der Waals surface area contributed by atoms with Gasteiger partial charge in [-0.2, -0.15) is 0 Å². The maximum Gasteiger partial charge on any atom is 0.192 e. The smallest absolute Gasteiger partial charge is 0.192 e. The van der Waals surface area contributed by atoms with E-state index in [0.717, 1.165) is 6.42 Å². The molecule has 0 amide bonds. The average molecular weight is 361 g/mol. The highest BCUT2D eigenvalue weighted by atomic mass is 28.4. The molecule has 134 valence electrons. The van der Waals surface area contributed by atoms with Crippen LogP contribution in [0.4, 0.5) is 0 Å². The lowest BCUT2D eigenvalue weighted by molar-refractivity contribution is 0.184. The highest BCUT2D eigenvalue weighted by Gasteiger charge is 2.43. The molecule has 24 heavy (non-hydrogen) atoms. The summed E-state index contributed by atoms with van der Waals surface area (Å²) in [6, 6.07) is 10.9. The van der Waals surface area contributed by atoms with E-state index in [4.69, 9.17) is 4.43 Å². The molecule has 0 unspecified atom stereocenters. The highest BCUT2D eigenvalue weighted by Crippen LogP contribution is 2.41. The molecule has 2 atom stereocenters. The fraction of sp³-hybridized carbons (Fsp3) is 0.524. The van der Waals surface area contributed by atoms with E-state index in [-0.39, 0.29) is 11.1 Å². The van der Waals surface area contributed by atoms with Crippen LogP contribution in [0.2, 0.25) is 36.8 Å². The van der Waals surface area contributed by atoms with Crippen molar-refractivity contribution in [2.24, 2.45) is 0 Å². The Morgan fingerprint density at radius 1 is 1.04 bits per heavy atom. The molecule has 0 aliphatic rings. The van der Waals surface area contributed by atoms with Crippen LogP contribution in [-0.4, -0.2) is 22.5 Å². The van der Waals surface area contributed by atoms with E-state index < -0.39 is 16.4 Å². The quantitative estimate of drug-likeness (QED) is 0.400. The predicted molar refractivity (Wildman–Crippen MR) is 114 cm³/mol. The first-order chi connectivity index (χ1) is 11.0. The van der Waals surface area contributed by atoms with Crippen LogP contribution in [0, 0.1) is 0 Å². The Bertz CT molecular complexity index is 541. The monoisotopic (exact) mass is 360 g/mol. The van der Waals surface area contributed by atoms with Crippen LogP contribution in [0.3, 0.4) is 0 Å². The molecule has 0 aromatic heterocycles. The molecule has 3 heteroatoms. The van der Waals surface area contributed by atoms with E-state index in [0.29, 0.717) is 5.54 Å². The lowest BCUT2D eigenvalue weighted by Crippen LogP contribution is -2.53. The fourth-order valence-corrected chi connectivity index (χ4v) is 7.61. The van der Waals surface area contributed by atoms with Crippen molar-refractivity contribution in [3.8, 4) is 0 Å². The summed E-state index contributed by atoms with van der Waals surface area (Å²) in [6.07, 6.45) is 5.19. The van der Waals surface area contributed by atoms with E-state index >= 15 is 0 Å². The molecular formula is C21H36OSi2. The first kappa shape index (κ1) is 21.1. The van der Waals surface area contributed by atoms with Gasteiger partial charge in [0.15, 0.2) is 8.32 Å². The molecule has 0 N–H and O–H groups in total. The van der Waals surface area contributed by atoms with Gasteiger partial charge in [-0.1, -0.05) is 81.5 Å². The maximum atomic E-state index is 6.83. The Hall–Kier alpha value is -0.906. The molecule has 0 saturated heterocycles. The number of hydrogen-bond donors (Lipinski definition) is 0. The van der Waals surface area contributed by atoms with E-state index in [9.17, 15) is 0 Å². The molecule has 0 bridgehead atoms. The van der Waals surface area contributed by atoms with Gasteiger partial charge in [-0.25, -0.2) is 0 Å². The van der Waals surface area contributed by atoms with Gasteiger partial charge in [-0.05, 0) is 24.6 Å². The van der Waals surface area contributed by atoms with Crippen molar-refractivity contribution in [3.63, 3.8) is 0 Å². The van der Waals surface area contributed by atoms with Gasteiger partial charge in [0.05, 0.1) is 14.2 Å². The van der Waals surface area contributed by atoms with E-state index in [2.05, 4.69) is 96.5 Å². The minimum Gasteiger partial charge on any atom is -0.413 e. The largest absolute Gasteiger partial charge is 0.413 e. The molecule has 0 spiro atoms. The van der Waals surface area contributed by atoms with Crippen molar-refractivity contribution in [3.05, 3.63) is 55.6 Å². The van der Waals surface area contributed by atoms with Crippen molar-refractivity contribution in [2.75, 3.05) is 0 Å². The van der Waals surface area contributed by atoms with Crippen LogP contribution < -0.4 is 5.19 Å². The summed E-state index contributed by atoms with van der Waals surface area (Å²) in [7, 11) is -3.57. The summed E-state index contributed by atoms with van der Waals surface area (Å²) in [6.45, 7) is 24.6. The van der Waals surface area contributed by atoms with Crippen molar-refractivity contribution >= 4 is 21.6 Å². The third-order valence-corrected chi connectivity index (χ3v) is 14.3. The summed E-state index contributed by atoms with van der Waals surface area (Å²) in [5.41, 5.74) is 0.368. The maximum absolute atomic E-state index is 6.83. The lowest BCUT2D eigenvalue weighted by atomic mass is 10.2. The summed E-state index contributed by atoms with van der Waals surface area (Å²) in [4.78, 5) is 0. The van der Waals surface area contributed by atoms with Crippen LogP contribution in [-0.2, 0) is 4.43 Å². The molecule has 0 fully saturated rings. The molecule has 0 radical (unpaired) electrons. The van der Waals surface area contributed by atoms with Crippen LogP contribution in [0.25, 0.3) is 0 Å². The Labute approximate surface area is 152 Å². The Balaban J connectivity index is 3.20. The molecular weight excluding hydrogens is 324 g/mol. The minimum atomic E-state index is -1.84.